The molecule has 0 spiro atoms. The summed E-state index contributed by atoms with van der Waals surface area (Å²) in [7, 11) is 0. The molecule has 2 atom stereocenters. The molecule has 0 amide bonds. The number of rotatable bonds is 3. The van der Waals surface area contributed by atoms with Crippen LogP contribution in [0.5, 0.6) is 0 Å². The Morgan fingerprint density at radius 2 is 2.31 bits per heavy atom. The second-order valence-corrected chi connectivity index (χ2v) is 4.18. The van der Waals surface area contributed by atoms with Crippen molar-refractivity contribution in [3.63, 3.8) is 0 Å². The van der Waals surface area contributed by atoms with Crippen LogP contribution in [0, 0.1) is 24.2 Å². The Labute approximate surface area is 98.7 Å². The summed E-state index contributed by atoms with van der Waals surface area (Å²) >= 11 is 0. The Balaban J connectivity index is 2.58. The number of ether oxygens (including phenoxy) is 2. The molecule has 2 heteroatoms. The predicted molar refractivity (Wildman–Crippen MR) is 64.6 cm³/mol. The lowest BCUT2D eigenvalue weighted by molar-refractivity contribution is -0.202. The molecule has 1 rings (SSSR count). The normalized spacial score (nSPS) is 23.7. The largest absolute Gasteiger partial charge is 0.353 e. The Kier molecular flexibility index (Phi) is 5.39. The van der Waals surface area contributed by atoms with Gasteiger partial charge in [0.1, 0.15) is 5.60 Å². The van der Waals surface area contributed by atoms with Gasteiger partial charge in [-0.05, 0) is 26.2 Å². The molecule has 0 radical (unpaired) electrons. The molecule has 2 nitrogen and oxygen atoms in total. The average Bonchev–Trinajstić information content (AvgIpc) is 2.28. The Bertz CT molecular complexity index is 299. The number of terminal acetylenes is 1. The van der Waals surface area contributed by atoms with Crippen LogP contribution < -0.4 is 0 Å². The van der Waals surface area contributed by atoms with Crippen LogP contribution in [0.4, 0.5) is 0 Å². The molecule has 1 fully saturated rings. The van der Waals surface area contributed by atoms with Crippen LogP contribution in [-0.2, 0) is 9.47 Å². The summed E-state index contributed by atoms with van der Waals surface area (Å²) < 4.78 is 11.4. The van der Waals surface area contributed by atoms with E-state index in [-0.39, 0.29) is 6.29 Å². The van der Waals surface area contributed by atoms with Crippen LogP contribution in [0.15, 0.2) is 0 Å². The lowest BCUT2D eigenvalue weighted by Crippen LogP contribution is -2.35. The van der Waals surface area contributed by atoms with Gasteiger partial charge in [0.05, 0.1) is 0 Å². The first-order valence-electron chi connectivity index (χ1n) is 5.93. The zero-order valence-corrected chi connectivity index (χ0v) is 10.2. The number of hydrogen-bond donors (Lipinski definition) is 0. The first-order valence-corrected chi connectivity index (χ1v) is 5.93. The van der Waals surface area contributed by atoms with Gasteiger partial charge in [0.2, 0.25) is 0 Å². The molecule has 0 saturated carbocycles. The summed E-state index contributed by atoms with van der Waals surface area (Å²) in [6.07, 6.45) is 9.73. The molecule has 0 aromatic heterocycles. The second kappa shape index (κ2) is 6.59. The minimum atomic E-state index is -0.563. The highest BCUT2D eigenvalue weighted by Gasteiger charge is 2.27. The van der Waals surface area contributed by atoms with Crippen molar-refractivity contribution in [3.05, 3.63) is 0 Å². The molecule has 1 saturated heterocycles. The highest BCUT2D eigenvalue weighted by Crippen LogP contribution is 2.22. The zero-order valence-electron chi connectivity index (χ0n) is 10.2. The molecular formula is C14H20O2. The van der Waals surface area contributed by atoms with Gasteiger partial charge in [0, 0.05) is 19.4 Å². The monoisotopic (exact) mass is 220 g/mol. The van der Waals surface area contributed by atoms with E-state index in [1.807, 2.05) is 13.8 Å². The van der Waals surface area contributed by atoms with Gasteiger partial charge in [-0.3, -0.25) is 0 Å². The molecule has 0 N–H and O–H groups in total. The first-order chi connectivity index (χ1) is 7.70. The minimum Gasteiger partial charge on any atom is -0.353 e. The summed E-state index contributed by atoms with van der Waals surface area (Å²) in [5.74, 6) is 8.76. The maximum Gasteiger partial charge on any atom is 0.159 e. The van der Waals surface area contributed by atoms with E-state index >= 15 is 0 Å². The molecule has 0 aromatic rings. The zero-order chi connectivity index (χ0) is 11.9. The standard InChI is InChI=1S/C14H20O2/c1-4-6-11-14(3,10-5-2)16-13-9-7-8-12-15-13/h2,13H,4,7-10,12H2,1,3H3/t13-,14?/m0/s1. The van der Waals surface area contributed by atoms with Crippen molar-refractivity contribution in [3.8, 4) is 24.2 Å². The lowest BCUT2D eigenvalue weighted by Gasteiger charge is -2.30. The third-order valence-corrected chi connectivity index (χ3v) is 2.50. The minimum absolute atomic E-state index is 0.141. The van der Waals surface area contributed by atoms with Gasteiger partial charge in [-0.15, -0.1) is 18.3 Å². The van der Waals surface area contributed by atoms with E-state index in [4.69, 9.17) is 15.9 Å². The van der Waals surface area contributed by atoms with Crippen LogP contribution in [0.3, 0.4) is 0 Å². The maximum absolute atomic E-state index is 5.88. The van der Waals surface area contributed by atoms with Crippen LogP contribution in [0.1, 0.15) is 46.0 Å². The van der Waals surface area contributed by atoms with Crippen molar-refractivity contribution in [2.75, 3.05) is 6.61 Å². The summed E-state index contributed by atoms with van der Waals surface area (Å²) in [5.41, 5.74) is -0.563. The first kappa shape index (κ1) is 13.1. The molecule has 0 aliphatic carbocycles. The lowest BCUT2D eigenvalue weighted by atomic mass is 10.0. The Morgan fingerprint density at radius 3 is 2.88 bits per heavy atom. The van der Waals surface area contributed by atoms with E-state index in [0.717, 1.165) is 32.3 Å². The smallest absolute Gasteiger partial charge is 0.159 e. The van der Waals surface area contributed by atoms with Gasteiger partial charge in [0.25, 0.3) is 0 Å². The van der Waals surface area contributed by atoms with Gasteiger partial charge in [0.15, 0.2) is 6.29 Å². The molecule has 1 unspecified atom stereocenters. The molecule has 1 aliphatic heterocycles. The van der Waals surface area contributed by atoms with Crippen molar-refractivity contribution >= 4 is 0 Å². The fourth-order valence-corrected chi connectivity index (χ4v) is 1.68. The third kappa shape index (κ3) is 4.27. The van der Waals surface area contributed by atoms with E-state index in [0.29, 0.717) is 6.42 Å². The third-order valence-electron chi connectivity index (χ3n) is 2.50. The number of hydrogen-bond acceptors (Lipinski definition) is 2. The van der Waals surface area contributed by atoms with Crippen molar-refractivity contribution in [2.45, 2.75) is 57.8 Å². The van der Waals surface area contributed by atoms with Gasteiger partial charge < -0.3 is 9.47 Å². The molecule has 16 heavy (non-hydrogen) atoms. The predicted octanol–water partition coefficient (Wildman–Crippen LogP) is 2.73. The SMILES string of the molecule is C#CCC(C)(C#CCC)O[C@H]1CCCCO1. The Hall–Kier alpha value is -0.960. The van der Waals surface area contributed by atoms with Gasteiger partial charge >= 0.3 is 0 Å². The van der Waals surface area contributed by atoms with E-state index in [9.17, 15) is 0 Å². The fraction of sp³-hybridized carbons (Fsp3) is 0.714. The van der Waals surface area contributed by atoms with Crippen molar-refractivity contribution < 1.29 is 9.47 Å². The topological polar surface area (TPSA) is 18.5 Å². The molecular weight excluding hydrogens is 200 g/mol. The summed E-state index contributed by atoms with van der Waals surface area (Å²) in [4.78, 5) is 0. The molecule has 1 heterocycles. The van der Waals surface area contributed by atoms with Gasteiger partial charge in [-0.2, -0.15) is 0 Å². The quantitative estimate of drug-likeness (QED) is 0.681. The van der Waals surface area contributed by atoms with Crippen LogP contribution in [-0.4, -0.2) is 18.5 Å². The van der Waals surface area contributed by atoms with Gasteiger partial charge in [-0.25, -0.2) is 0 Å². The average molecular weight is 220 g/mol. The maximum atomic E-state index is 5.88. The molecule has 88 valence electrons. The molecule has 1 aliphatic rings. The summed E-state index contributed by atoms with van der Waals surface area (Å²) in [6, 6.07) is 0. The summed E-state index contributed by atoms with van der Waals surface area (Å²) in [5, 5.41) is 0. The van der Waals surface area contributed by atoms with Crippen LogP contribution in [0.25, 0.3) is 0 Å². The van der Waals surface area contributed by atoms with E-state index in [2.05, 4.69) is 17.8 Å². The van der Waals surface area contributed by atoms with Gasteiger partial charge in [-0.1, -0.05) is 12.8 Å². The summed E-state index contributed by atoms with van der Waals surface area (Å²) in [6.45, 7) is 4.73. The van der Waals surface area contributed by atoms with Crippen LogP contribution >= 0.6 is 0 Å². The fourth-order valence-electron chi connectivity index (χ4n) is 1.68. The molecule has 0 aromatic carbocycles. The van der Waals surface area contributed by atoms with E-state index in [1.165, 1.54) is 0 Å². The van der Waals surface area contributed by atoms with Crippen molar-refractivity contribution in [2.24, 2.45) is 0 Å². The Morgan fingerprint density at radius 1 is 1.50 bits per heavy atom. The highest BCUT2D eigenvalue weighted by atomic mass is 16.7. The van der Waals surface area contributed by atoms with E-state index < -0.39 is 5.60 Å². The highest BCUT2D eigenvalue weighted by molar-refractivity contribution is 5.16. The van der Waals surface area contributed by atoms with Crippen LogP contribution in [0.2, 0.25) is 0 Å². The van der Waals surface area contributed by atoms with Crippen molar-refractivity contribution in [1.82, 2.24) is 0 Å². The van der Waals surface area contributed by atoms with Crippen molar-refractivity contribution in [1.29, 1.82) is 0 Å². The second-order valence-electron chi connectivity index (χ2n) is 4.18. The van der Waals surface area contributed by atoms with E-state index in [1.54, 1.807) is 0 Å². The molecule has 0 bridgehead atoms.